The molecule has 1 rings (SSSR count). The third-order valence-corrected chi connectivity index (χ3v) is 3.70. The molecule has 0 bridgehead atoms. The van der Waals surface area contributed by atoms with Crippen molar-refractivity contribution in [2.24, 2.45) is 16.5 Å². The number of hydrogen-bond donors (Lipinski definition) is 3. The Morgan fingerprint density at radius 2 is 2.18 bits per heavy atom. The minimum absolute atomic E-state index is 0.0623. The van der Waals surface area contributed by atoms with Gasteiger partial charge in [-0.1, -0.05) is 32.5 Å². The monoisotopic (exact) mass is 271 g/mol. The molecule has 0 amide bonds. The summed E-state index contributed by atoms with van der Waals surface area (Å²) < 4.78 is 0. The third kappa shape index (κ3) is 4.74. The smallest absolute Gasteiger partial charge is 0.193 e. The molecular weight excluding hydrogens is 254 g/mol. The number of amidine groups is 1. The Labute approximate surface area is 109 Å². The van der Waals surface area contributed by atoms with Crippen molar-refractivity contribution >= 4 is 34.2 Å². The van der Waals surface area contributed by atoms with Gasteiger partial charge in [-0.15, -0.1) is 11.3 Å². The van der Waals surface area contributed by atoms with Crippen molar-refractivity contribution in [1.82, 2.24) is 4.98 Å². The molecule has 0 aliphatic rings. The second-order valence-corrected chi connectivity index (χ2v) is 6.41. The van der Waals surface area contributed by atoms with Crippen molar-refractivity contribution in [3.63, 3.8) is 0 Å². The van der Waals surface area contributed by atoms with E-state index in [4.69, 9.17) is 16.9 Å². The molecule has 0 spiro atoms. The topological polar surface area (TPSA) is 101 Å². The number of thioether (sulfide) groups is 1. The van der Waals surface area contributed by atoms with Gasteiger partial charge in [-0.3, -0.25) is 5.41 Å². The van der Waals surface area contributed by atoms with Crippen molar-refractivity contribution in [3.05, 3.63) is 16.1 Å². The normalized spacial score (nSPS) is 11.2. The molecule has 5 N–H and O–H groups in total. The van der Waals surface area contributed by atoms with E-state index >= 15 is 0 Å². The van der Waals surface area contributed by atoms with Crippen molar-refractivity contribution < 1.29 is 0 Å². The van der Waals surface area contributed by atoms with E-state index in [1.54, 1.807) is 11.3 Å². The van der Waals surface area contributed by atoms with Gasteiger partial charge in [-0.05, 0) is 0 Å². The molecule has 5 nitrogen and oxygen atoms in total. The Hall–Kier alpha value is -1.08. The number of aromatic nitrogens is 1. The summed E-state index contributed by atoms with van der Waals surface area (Å²) >= 11 is 2.86. The van der Waals surface area contributed by atoms with E-state index in [0.717, 1.165) is 10.7 Å². The van der Waals surface area contributed by atoms with Gasteiger partial charge in [0.15, 0.2) is 11.1 Å². The van der Waals surface area contributed by atoms with Crippen molar-refractivity contribution in [2.45, 2.75) is 31.9 Å². The van der Waals surface area contributed by atoms with Crippen molar-refractivity contribution in [1.29, 1.82) is 5.41 Å². The Morgan fingerprint density at radius 3 is 2.65 bits per heavy atom. The molecule has 0 saturated heterocycles. The largest absolute Gasteiger partial charge is 0.370 e. The zero-order valence-electron chi connectivity index (χ0n) is 10.2. The Kier molecular flexibility index (Phi) is 4.53. The molecule has 0 aliphatic carbocycles. The number of guanidine groups is 1. The van der Waals surface area contributed by atoms with Gasteiger partial charge >= 0.3 is 0 Å². The maximum absolute atomic E-state index is 7.49. The average molecular weight is 271 g/mol. The van der Waals surface area contributed by atoms with Crippen LogP contribution in [0.4, 0.5) is 0 Å². The van der Waals surface area contributed by atoms with Crippen LogP contribution in [-0.2, 0) is 11.2 Å². The van der Waals surface area contributed by atoms with Crippen LogP contribution < -0.4 is 11.5 Å². The third-order valence-electron chi connectivity index (χ3n) is 1.88. The van der Waals surface area contributed by atoms with Crippen LogP contribution in [0.2, 0.25) is 0 Å². The lowest BCUT2D eigenvalue weighted by Crippen LogP contribution is -2.23. The minimum Gasteiger partial charge on any atom is -0.370 e. The van der Waals surface area contributed by atoms with Gasteiger partial charge < -0.3 is 11.5 Å². The molecule has 1 heterocycles. The zero-order valence-corrected chi connectivity index (χ0v) is 11.8. The van der Waals surface area contributed by atoms with Crippen LogP contribution in [0.25, 0.3) is 0 Å². The lowest BCUT2D eigenvalue weighted by Gasteiger charge is -2.14. The van der Waals surface area contributed by atoms with E-state index < -0.39 is 0 Å². The molecule has 7 heteroatoms. The summed E-state index contributed by atoms with van der Waals surface area (Å²) in [7, 11) is 0. The number of thiazole rings is 1. The molecule has 0 atom stereocenters. The van der Waals surface area contributed by atoms with Gasteiger partial charge in [0, 0.05) is 10.8 Å². The summed E-state index contributed by atoms with van der Waals surface area (Å²) in [5.74, 6) is 0.535. The predicted molar refractivity (Wildman–Crippen MR) is 75.6 cm³/mol. The number of nitrogens with zero attached hydrogens (tertiary/aromatic N) is 2. The predicted octanol–water partition coefficient (Wildman–Crippen LogP) is 1.88. The van der Waals surface area contributed by atoms with Crippen LogP contribution in [0, 0.1) is 5.41 Å². The lowest BCUT2D eigenvalue weighted by atomic mass is 9.93. The molecule has 0 saturated carbocycles. The van der Waals surface area contributed by atoms with Gasteiger partial charge in [-0.2, -0.15) is 4.99 Å². The van der Waals surface area contributed by atoms with Gasteiger partial charge in [0.1, 0.15) is 5.01 Å². The highest BCUT2D eigenvalue weighted by atomic mass is 32.2. The molecule has 0 radical (unpaired) electrons. The summed E-state index contributed by atoms with van der Waals surface area (Å²) in [6.45, 7) is 6.38. The van der Waals surface area contributed by atoms with Crippen LogP contribution in [0.15, 0.2) is 10.4 Å². The Morgan fingerprint density at radius 1 is 1.53 bits per heavy atom. The Balaban J connectivity index is 2.57. The number of nitrogens with one attached hydrogen (secondary N) is 1. The van der Waals surface area contributed by atoms with E-state index in [9.17, 15) is 0 Å². The van der Waals surface area contributed by atoms with Gasteiger partial charge in [0.2, 0.25) is 0 Å². The fourth-order valence-electron chi connectivity index (χ4n) is 1.00. The van der Waals surface area contributed by atoms with E-state index in [0.29, 0.717) is 5.75 Å². The van der Waals surface area contributed by atoms with Gasteiger partial charge in [0.05, 0.1) is 11.4 Å². The molecule has 0 aromatic carbocycles. The van der Waals surface area contributed by atoms with E-state index in [2.05, 4.69) is 36.1 Å². The summed E-state index contributed by atoms with van der Waals surface area (Å²) in [4.78, 5) is 8.17. The summed E-state index contributed by atoms with van der Waals surface area (Å²) in [6.07, 6.45) is 0. The summed E-state index contributed by atoms with van der Waals surface area (Å²) in [6, 6.07) is 0. The Bertz CT molecular complexity index is 426. The molecular formula is C10H17N5S2. The molecule has 0 fully saturated rings. The second-order valence-electron chi connectivity index (χ2n) is 4.51. The molecule has 0 aliphatic heterocycles. The first-order chi connectivity index (χ1) is 7.79. The molecule has 1 aromatic heterocycles. The number of rotatable bonds is 2. The lowest BCUT2D eigenvalue weighted by molar-refractivity contribution is 0.572. The summed E-state index contributed by atoms with van der Waals surface area (Å²) in [5, 5.41) is 10.6. The highest BCUT2D eigenvalue weighted by Crippen LogP contribution is 2.26. The number of hydrogen-bond acceptors (Lipinski definition) is 4. The number of aliphatic imine (C=N–C) groups is 1. The highest BCUT2D eigenvalue weighted by Gasteiger charge is 2.17. The molecule has 1 aromatic rings. The highest BCUT2D eigenvalue weighted by molar-refractivity contribution is 8.13. The van der Waals surface area contributed by atoms with E-state index in [-0.39, 0.29) is 16.5 Å². The van der Waals surface area contributed by atoms with Crippen LogP contribution in [-0.4, -0.2) is 16.1 Å². The first-order valence-corrected chi connectivity index (χ1v) is 6.91. The first-order valence-electron chi connectivity index (χ1n) is 5.05. The quantitative estimate of drug-likeness (QED) is 0.564. The summed E-state index contributed by atoms with van der Waals surface area (Å²) in [5.41, 5.74) is 11.5. The molecule has 17 heavy (non-hydrogen) atoms. The maximum atomic E-state index is 7.49. The standard InChI is InChI=1S/C10H17N5S2/c1-10(2,3)6-4-16-7(14-6)5-17-9(13)15-8(11)12/h4H,5H2,1-3H3,(H5,11,12,13,15). The maximum Gasteiger partial charge on any atom is 0.193 e. The van der Waals surface area contributed by atoms with Crippen molar-refractivity contribution in [3.8, 4) is 0 Å². The number of nitrogens with two attached hydrogens (primary N) is 2. The van der Waals surface area contributed by atoms with Gasteiger partial charge in [-0.25, -0.2) is 4.98 Å². The second kappa shape index (κ2) is 5.50. The van der Waals surface area contributed by atoms with E-state index in [1.165, 1.54) is 11.8 Å². The minimum atomic E-state index is -0.0861. The zero-order chi connectivity index (χ0) is 13.1. The fourth-order valence-corrected chi connectivity index (χ4v) is 2.75. The van der Waals surface area contributed by atoms with Crippen LogP contribution >= 0.6 is 23.1 Å². The van der Waals surface area contributed by atoms with E-state index in [1.807, 2.05) is 0 Å². The fraction of sp³-hybridized carbons (Fsp3) is 0.500. The van der Waals surface area contributed by atoms with Crippen molar-refractivity contribution in [2.75, 3.05) is 0 Å². The molecule has 94 valence electrons. The van der Waals surface area contributed by atoms with Crippen LogP contribution in [0.1, 0.15) is 31.5 Å². The van der Waals surface area contributed by atoms with Crippen LogP contribution in [0.3, 0.4) is 0 Å². The first kappa shape index (κ1) is 14.0. The SMILES string of the molecule is CC(C)(C)c1csc(CSC(=N)N=C(N)N)n1. The average Bonchev–Trinajstić information content (AvgIpc) is 2.61. The van der Waals surface area contributed by atoms with Gasteiger partial charge in [0.25, 0.3) is 0 Å². The molecule has 0 unspecified atom stereocenters. The van der Waals surface area contributed by atoms with Crippen LogP contribution in [0.5, 0.6) is 0 Å².